The highest BCUT2D eigenvalue weighted by atomic mass is 35.5. The Balaban J connectivity index is 2.58. The van der Waals surface area contributed by atoms with Crippen LogP contribution >= 0.6 is 11.6 Å². The highest BCUT2D eigenvalue weighted by molar-refractivity contribution is 6.30. The van der Waals surface area contributed by atoms with Crippen molar-refractivity contribution in [3.8, 4) is 11.5 Å². The summed E-state index contributed by atoms with van der Waals surface area (Å²) in [5, 5.41) is 0.285. The van der Waals surface area contributed by atoms with Crippen LogP contribution < -0.4 is 9.47 Å². The number of benzene rings is 2. The molecule has 0 amide bonds. The van der Waals surface area contributed by atoms with Crippen LogP contribution in [0.5, 0.6) is 11.5 Å². The number of alkyl halides is 6. The van der Waals surface area contributed by atoms with Crippen molar-refractivity contribution in [2.75, 3.05) is 7.11 Å². The van der Waals surface area contributed by atoms with Crippen LogP contribution in [0.2, 0.25) is 5.02 Å². The van der Waals surface area contributed by atoms with Crippen LogP contribution in [0.15, 0.2) is 36.4 Å². The van der Waals surface area contributed by atoms with Crippen molar-refractivity contribution >= 4 is 17.6 Å². The first-order valence-electron chi connectivity index (χ1n) is 6.77. The summed E-state index contributed by atoms with van der Waals surface area (Å²) in [6.07, 6.45) is -10.3. The maximum absolute atomic E-state index is 13.2. The van der Waals surface area contributed by atoms with Gasteiger partial charge in [0.2, 0.25) is 0 Å². The minimum absolute atomic E-state index is 0.144. The summed E-state index contributed by atoms with van der Waals surface area (Å²) in [6.45, 7) is 0. The number of ether oxygens (including phenoxy) is 2. The van der Waals surface area contributed by atoms with Crippen molar-refractivity contribution < 1.29 is 40.6 Å². The summed E-state index contributed by atoms with van der Waals surface area (Å²) in [6, 6.07) is 5.19. The van der Waals surface area contributed by atoms with Gasteiger partial charge in [-0.15, -0.1) is 0 Å². The number of hydrogen-bond donors (Lipinski definition) is 0. The van der Waals surface area contributed by atoms with Gasteiger partial charge in [0.05, 0.1) is 18.2 Å². The van der Waals surface area contributed by atoms with Crippen LogP contribution in [0.1, 0.15) is 21.5 Å². The van der Waals surface area contributed by atoms with Crippen LogP contribution in [-0.4, -0.2) is 13.1 Å². The fourth-order valence-electron chi connectivity index (χ4n) is 2.03. The molecule has 0 atom stereocenters. The summed E-state index contributed by atoms with van der Waals surface area (Å²) in [7, 11) is 0.842. The van der Waals surface area contributed by atoms with E-state index in [1.807, 2.05) is 0 Å². The Hall–Kier alpha value is -2.42. The van der Waals surface area contributed by atoms with Crippen LogP contribution in [-0.2, 0) is 12.4 Å². The van der Waals surface area contributed by atoms with E-state index in [0.717, 1.165) is 7.11 Å². The van der Waals surface area contributed by atoms with Crippen LogP contribution in [0.4, 0.5) is 26.3 Å². The van der Waals surface area contributed by atoms with Gasteiger partial charge in [0.15, 0.2) is 0 Å². The molecule has 0 aliphatic carbocycles. The molecular formula is C16H9ClF6O3. The van der Waals surface area contributed by atoms with E-state index < -0.39 is 40.8 Å². The van der Waals surface area contributed by atoms with E-state index in [1.165, 1.54) is 24.3 Å². The van der Waals surface area contributed by atoms with E-state index in [1.54, 1.807) is 0 Å². The smallest absolute Gasteiger partial charge is 0.417 e. The molecule has 0 saturated heterocycles. The zero-order chi connectivity index (χ0) is 19.7. The van der Waals surface area contributed by atoms with Gasteiger partial charge in [-0.25, -0.2) is 4.79 Å². The second-order valence-electron chi connectivity index (χ2n) is 4.94. The van der Waals surface area contributed by atoms with Gasteiger partial charge in [-0.05, 0) is 36.4 Å². The standard InChI is InChI=1S/C16H9ClF6O3/c1-25-12-7-8(15(18,19)20)6-11(16(21,22)23)13(12)14(24)26-10-4-2-9(17)3-5-10/h2-7H,1H3. The fraction of sp³-hybridized carbons (Fsp3) is 0.188. The van der Waals surface area contributed by atoms with Gasteiger partial charge in [-0.3, -0.25) is 0 Å². The Morgan fingerprint density at radius 3 is 2.00 bits per heavy atom. The van der Waals surface area contributed by atoms with E-state index >= 15 is 0 Å². The number of carbonyl (C=O) groups is 1. The van der Waals surface area contributed by atoms with Crippen LogP contribution in [0, 0.1) is 0 Å². The van der Waals surface area contributed by atoms with E-state index in [-0.39, 0.29) is 16.8 Å². The Kier molecular flexibility index (Phi) is 5.41. The minimum Gasteiger partial charge on any atom is -0.496 e. The summed E-state index contributed by atoms with van der Waals surface area (Å²) in [5.41, 5.74) is -4.59. The molecule has 0 aliphatic rings. The first-order valence-corrected chi connectivity index (χ1v) is 7.15. The molecule has 0 aromatic heterocycles. The predicted molar refractivity (Wildman–Crippen MR) is 79.4 cm³/mol. The van der Waals surface area contributed by atoms with Crippen LogP contribution in [0.25, 0.3) is 0 Å². The lowest BCUT2D eigenvalue weighted by molar-refractivity contribution is -0.143. The lowest BCUT2D eigenvalue weighted by Gasteiger charge is -2.18. The number of rotatable bonds is 3. The molecule has 140 valence electrons. The molecule has 0 fully saturated rings. The Morgan fingerprint density at radius 2 is 1.54 bits per heavy atom. The first kappa shape index (κ1) is 19.9. The molecule has 2 aromatic carbocycles. The molecule has 2 aromatic rings. The summed E-state index contributed by atoms with van der Waals surface area (Å²) in [5.74, 6) is -2.58. The van der Waals surface area contributed by atoms with Gasteiger partial charge in [-0.1, -0.05) is 11.6 Å². The molecule has 0 radical (unpaired) electrons. The third-order valence-electron chi connectivity index (χ3n) is 3.18. The maximum Gasteiger partial charge on any atom is 0.417 e. The summed E-state index contributed by atoms with van der Waals surface area (Å²) in [4.78, 5) is 12.2. The molecule has 0 spiro atoms. The Labute approximate surface area is 148 Å². The third kappa shape index (κ3) is 4.40. The molecular weight excluding hydrogens is 390 g/mol. The molecule has 0 N–H and O–H groups in total. The summed E-state index contributed by atoms with van der Waals surface area (Å²) >= 11 is 5.64. The Bertz CT molecular complexity index is 812. The van der Waals surface area contributed by atoms with Crippen molar-refractivity contribution in [2.45, 2.75) is 12.4 Å². The van der Waals surface area contributed by atoms with Crippen molar-refractivity contribution in [3.63, 3.8) is 0 Å². The summed E-state index contributed by atoms with van der Waals surface area (Å²) < 4.78 is 87.6. The monoisotopic (exact) mass is 398 g/mol. The Morgan fingerprint density at radius 1 is 0.962 bits per heavy atom. The zero-order valence-electron chi connectivity index (χ0n) is 12.8. The van der Waals surface area contributed by atoms with E-state index in [4.69, 9.17) is 16.3 Å². The van der Waals surface area contributed by atoms with Gasteiger partial charge in [0.1, 0.15) is 17.1 Å². The van der Waals surface area contributed by atoms with Crippen LogP contribution in [0.3, 0.4) is 0 Å². The number of methoxy groups -OCH3 is 1. The number of halogens is 7. The van der Waals surface area contributed by atoms with E-state index in [9.17, 15) is 31.1 Å². The number of esters is 1. The second-order valence-corrected chi connectivity index (χ2v) is 5.38. The average molecular weight is 399 g/mol. The molecule has 3 nitrogen and oxygen atoms in total. The van der Waals surface area contributed by atoms with E-state index in [0.29, 0.717) is 6.07 Å². The van der Waals surface area contributed by atoms with E-state index in [2.05, 4.69) is 4.74 Å². The van der Waals surface area contributed by atoms with Gasteiger partial charge in [0.25, 0.3) is 0 Å². The lowest BCUT2D eigenvalue weighted by atomic mass is 10.0. The number of carbonyl (C=O) groups excluding carboxylic acids is 1. The first-order chi connectivity index (χ1) is 11.9. The van der Waals surface area contributed by atoms with Gasteiger partial charge in [0, 0.05) is 5.02 Å². The average Bonchev–Trinajstić information content (AvgIpc) is 2.54. The SMILES string of the molecule is COc1cc(C(F)(F)F)cc(C(F)(F)F)c1C(=O)Oc1ccc(Cl)cc1. The molecule has 2 rings (SSSR count). The topological polar surface area (TPSA) is 35.5 Å². The fourth-order valence-corrected chi connectivity index (χ4v) is 2.16. The van der Waals surface area contributed by atoms with Crippen molar-refractivity contribution in [1.29, 1.82) is 0 Å². The molecule has 26 heavy (non-hydrogen) atoms. The zero-order valence-corrected chi connectivity index (χ0v) is 13.6. The van der Waals surface area contributed by atoms with Gasteiger partial charge >= 0.3 is 18.3 Å². The largest absolute Gasteiger partial charge is 0.496 e. The molecule has 0 aliphatic heterocycles. The third-order valence-corrected chi connectivity index (χ3v) is 3.44. The van der Waals surface area contributed by atoms with Crippen molar-refractivity contribution in [1.82, 2.24) is 0 Å². The molecule has 0 unspecified atom stereocenters. The molecule has 10 heteroatoms. The highest BCUT2D eigenvalue weighted by Gasteiger charge is 2.42. The lowest BCUT2D eigenvalue weighted by Crippen LogP contribution is -2.20. The maximum atomic E-state index is 13.2. The molecule has 0 heterocycles. The molecule has 0 bridgehead atoms. The quantitative estimate of drug-likeness (QED) is 0.383. The highest BCUT2D eigenvalue weighted by Crippen LogP contribution is 2.41. The predicted octanol–water partition coefficient (Wildman–Crippen LogP) is 5.61. The van der Waals surface area contributed by atoms with Crippen molar-refractivity contribution in [3.05, 3.63) is 58.1 Å². The van der Waals surface area contributed by atoms with Gasteiger partial charge < -0.3 is 9.47 Å². The van der Waals surface area contributed by atoms with Gasteiger partial charge in [-0.2, -0.15) is 26.3 Å². The minimum atomic E-state index is -5.25. The second kappa shape index (κ2) is 7.06. The van der Waals surface area contributed by atoms with Crippen molar-refractivity contribution in [2.24, 2.45) is 0 Å². The molecule has 0 saturated carbocycles. The number of hydrogen-bond acceptors (Lipinski definition) is 3. The normalized spacial score (nSPS) is 12.0.